The second kappa shape index (κ2) is 9.97. The Morgan fingerprint density at radius 1 is 0.432 bits per heavy atom. The van der Waals surface area contributed by atoms with E-state index in [2.05, 4.69) is 89.5 Å². The van der Waals surface area contributed by atoms with E-state index in [4.69, 9.17) is 15.0 Å². The number of hydrogen-bond donors (Lipinski definition) is 0. The molecular formula is C39H24N4S. The van der Waals surface area contributed by atoms with E-state index in [1.807, 2.05) is 72.0 Å². The zero-order valence-corrected chi connectivity index (χ0v) is 24.4. The summed E-state index contributed by atoms with van der Waals surface area (Å²) in [6, 6.07) is 50.7. The Hall–Kier alpha value is -5.65. The Kier molecular flexibility index (Phi) is 5.64. The van der Waals surface area contributed by atoms with E-state index >= 15 is 0 Å². The number of para-hydroxylation sites is 1. The van der Waals surface area contributed by atoms with Gasteiger partial charge in [0.1, 0.15) is 0 Å². The van der Waals surface area contributed by atoms with Gasteiger partial charge in [0, 0.05) is 43.2 Å². The normalized spacial score (nSPS) is 11.6. The molecule has 0 aliphatic carbocycles. The van der Waals surface area contributed by atoms with Gasteiger partial charge in [-0.05, 0) is 35.7 Å². The van der Waals surface area contributed by atoms with Crippen LogP contribution in [-0.2, 0) is 0 Å². The van der Waals surface area contributed by atoms with Gasteiger partial charge in [-0.15, -0.1) is 11.3 Å². The van der Waals surface area contributed by atoms with Gasteiger partial charge >= 0.3 is 0 Å². The molecule has 9 rings (SSSR count). The first-order chi connectivity index (χ1) is 21.8. The fraction of sp³-hybridized carbons (Fsp3) is 0. The molecule has 3 heterocycles. The number of rotatable bonds is 4. The second-order valence-electron chi connectivity index (χ2n) is 10.9. The lowest BCUT2D eigenvalue weighted by atomic mass is 10.1. The Morgan fingerprint density at radius 2 is 1.02 bits per heavy atom. The molecule has 0 saturated carbocycles. The minimum absolute atomic E-state index is 0.659. The highest BCUT2D eigenvalue weighted by Gasteiger charge is 2.21. The lowest BCUT2D eigenvalue weighted by Gasteiger charge is -2.11. The van der Waals surface area contributed by atoms with Gasteiger partial charge in [0.15, 0.2) is 17.5 Å². The van der Waals surface area contributed by atoms with Crippen molar-refractivity contribution in [2.75, 3.05) is 0 Å². The van der Waals surface area contributed by atoms with Crippen LogP contribution in [0.15, 0.2) is 146 Å². The van der Waals surface area contributed by atoms with Crippen LogP contribution in [0.25, 0.3) is 81.8 Å². The lowest BCUT2D eigenvalue weighted by molar-refractivity contribution is 1.07. The highest BCUT2D eigenvalue weighted by molar-refractivity contribution is 7.26. The van der Waals surface area contributed by atoms with Crippen LogP contribution in [0.5, 0.6) is 0 Å². The van der Waals surface area contributed by atoms with Crippen molar-refractivity contribution in [2.24, 2.45) is 0 Å². The summed E-state index contributed by atoms with van der Waals surface area (Å²) in [6.07, 6.45) is 0. The van der Waals surface area contributed by atoms with E-state index in [1.54, 1.807) is 0 Å². The monoisotopic (exact) mass is 580 g/mol. The van der Waals surface area contributed by atoms with Crippen LogP contribution in [0.1, 0.15) is 0 Å². The average Bonchev–Trinajstić information content (AvgIpc) is 3.64. The third-order valence-corrected chi connectivity index (χ3v) is 9.42. The predicted molar refractivity (Wildman–Crippen MR) is 183 cm³/mol. The molecule has 0 unspecified atom stereocenters. The summed E-state index contributed by atoms with van der Waals surface area (Å²) in [5.41, 5.74) is 6.48. The van der Waals surface area contributed by atoms with Crippen LogP contribution in [0.3, 0.4) is 0 Å². The minimum atomic E-state index is 0.659. The van der Waals surface area contributed by atoms with E-state index in [0.29, 0.717) is 17.5 Å². The number of hydrogen-bond acceptors (Lipinski definition) is 4. The summed E-state index contributed by atoms with van der Waals surface area (Å²) in [6.45, 7) is 0. The van der Waals surface area contributed by atoms with Crippen molar-refractivity contribution < 1.29 is 0 Å². The van der Waals surface area contributed by atoms with Gasteiger partial charge in [-0.25, -0.2) is 15.0 Å². The fourth-order valence-electron chi connectivity index (χ4n) is 6.19. The zero-order valence-electron chi connectivity index (χ0n) is 23.6. The maximum atomic E-state index is 5.01. The molecule has 9 aromatic rings. The molecule has 0 N–H and O–H groups in total. The molecule has 0 atom stereocenters. The predicted octanol–water partition coefficient (Wildman–Crippen LogP) is 10.3. The molecule has 44 heavy (non-hydrogen) atoms. The summed E-state index contributed by atoms with van der Waals surface area (Å²) >= 11 is 1.85. The first-order valence-electron chi connectivity index (χ1n) is 14.6. The Morgan fingerprint density at radius 3 is 1.70 bits per heavy atom. The van der Waals surface area contributed by atoms with Gasteiger partial charge in [0.2, 0.25) is 0 Å². The second-order valence-corrected chi connectivity index (χ2v) is 11.9. The Balaban J connectivity index is 1.34. The van der Waals surface area contributed by atoms with Gasteiger partial charge in [0.05, 0.1) is 15.7 Å². The van der Waals surface area contributed by atoms with E-state index in [-0.39, 0.29) is 0 Å². The largest absolute Gasteiger partial charge is 0.307 e. The summed E-state index contributed by atoms with van der Waals surface area (Å²) in [7, 11) is 0. The number of benzene rings is 6. The number of aromatic nitrogens is 4. The third kappa shape index (κ3) is 3.94. The molecule has 0 fully saturated rings. The lowest BCUT2D eigenvalue weighted by Crippen LogP contribution is -2.00. The molecule has 3 aromatic heterocycles. The zero-order chi connectivity index (χ0) is 29.0. The molecule has 0 saturated heterocycles. The van der Waals surface area contributed by atoms with Crippen LogP contribution in [0.2, 0.25) is 0 Å². The van der Waals surface area contributed by atoms with Crippen molar-refractivity contribution in [2.45, 2.75) is 0 Å². The third-order valence-electron chi connectivity index (χ3n) is 8.23. The molecule has 0 aliphatic rings. The highest BCUT2D eigenvalue weighted by Crippen LogP contribution is 2.45. The molecule has 206 valence electrons. The van der Waals surface area contributed by atoms with Crippen molar-refractivity contribution in [3.05, 3.63) is 146 Å². The molecule has 0 amide bonds. The van der Waals surface area contributed by atoms with E-state index in [9.17, 15) is 0 Å². The summed E-state index contributed by atoms with van der Waals surface area (Å²) in [4.78, 5) is 14.9. The van der Waals surface area contributed by atoms with Crippen molar-refractivity contribution in [3.63, 3.8) is 0 Å². The number of thiophene rings is 1. The fourth-order valence-corrected chi connectivity index (χ4v) is 7.39. The number of nitrogens with zero attached hydrogens (tertiary/aromatic N) is 4. The minimum Gasteiger partial charge on any atom is -0.307 e. The van der Waals surface area contributed by atoms with Crippen molar-refractivity contribution >= 4 is 53.3 Å². The molecule has 0 spiro atoms. The standard InChI is InChI=1S/C39H24N4S/c1-4-13-26(14-5-1)37-40-38(27-15-6-2-7-16-27)42-39(41-37)28-21-23-33-32(24-28)35-36(44-33)31-22-20-25-12-10-11-19-30(25)34(31)43(35)29-17-8-3-9-18-29/h1-24H. The van der Waals surface area contributed by atoms with E-state index in [0.717, 1.165) is 22.4 Å². The van der Waals surface area contributed by atoms with Gasteiger partial charge in [0.25, 0.3) is 0 Å². The van der Waals surface area contributed by atoms with E-state index < -0.39 is 0 Å². The highest BCUT2D eigenvalue weighted by atomic mass is 32.1. The van der Waals surface area contributed by atoms with Crippen molar-refractivity contribution in [1.29, 1.82) is 0 Å². The van der Waals surface area contributed by atoms with Crippen LogP contribution < -0.4 is 0 Å². The quantitative estimate of drug-likeness (QED) is 0.208. The van der Waals surface area contributed by atoms with Crippen LogP contribution in [-0.4, -0.2) is 19.5 Å². The SMILES string of the molecule is c1ccc(-c2nc(-c3ccccc3)nc(-c3ccc4sc5c6ccc7ccccc7c6n(-c6ccccc6)c5c4c3)n2)cc1. The number of fused-ring (bicyclic) bond motifs is 7. The molecule has 5 heteroatoms. The first kappa shape index (κ1) is 24.9. The van der Waals surface area contributed by atoms with Gasteiger partial charge < -0.3 is 4.57 Å². The molecule has 0 bridgehead atoms. The topological polar surface area (TPSA) is 43.6 Å². The van der Waals surface area contributed by atoms with Crippen LogP contribution in [0, 0.1) is 0 Å². The van der Waals surface area contributed by atoms with Crippen molar-refractivity contribution in [1.82, 2.24) is 19.5 Å². The maximum absolute atomic E-state index is 5.01. The van der Waals surface area contributed by atoms with Crippen molar-refractivity contribution in [3.8, 4) is 39.9 Å². The van der Waals surface area contributed by atoms with Gasteiger partial charge in [-0.2, -0.15) is 0 Å². The average molecular weight is 581 g/mol. The molecule has 0 aliphatic heterocycles. The van der Waals surface area contributed by atoms with E-state index in [1.165, 1.54) is 42.0 Å². The maximum Gasteiger partial charge on any atom is 0.164 e. The van der Waals surface area contributed by atoms with Gasteiger partial charge in [-0.3, -0.25) is 0 Å². The van der Waals surface area contributed by atoms with Crippen LogP contribution in [0.4, 0.5) is 0 Å². The molecule has 4 nitrogen and oxygen atoms in total. The summed E-state index contributed by atoms with van der Waals surface area (Å²) in [5.74, 6) is 1.98. The van der Waals surface area contributed by atoms with Gasteiger partial charge in [-0.1, -0.05) is 115 Å². The summed E-state index contributed by atoms with van der Waals surface area (Å²) < 4.78 is 4.96. The van der Waals surface area contributed by atoms with Crippen LogP contribution >= 0.6 is 11.3 Å². The molecule has 0 radical (unpaired) electrons. The molecular weight excluding hydrogens is 557 g/mol. The smallest absolute Gasteiger partial charge is 0.164 e. The molecule has 6 aromatic carbocycles. The first-order valence-corrected chi connectivity index (χ1v) is 15.4. The Bertz CT molecular complexity index is 2420. The summed E-state index contributed by atoms with van der Waals surface area (Å²) in [5, 5.41) is 4.94. The Labute approximate surface area is 257 Å².